The van der Waals surface area contributed by atoms with E-state index in [9.17, 15) is 18.0 Å². The fourth-order valence-electron chi connectivity index (χ4n) is 4.36. The molecule has 0 radical (unpaired) electrons. The molecule has 26 heavy (non-hydrogen) atoms. The lowest BCUT2D eigenvalue weighted by Crippen LogP contribution is -2.56. The van der Waals surface area contributed by atoms with Gasteiger partial charge in [0.15, 0.2) is 15.6 Å². The average molecular weight is 378 g/mol. The molecule has 2 amide bonds. The van der Waals surface area contributed by atoms with E-state index in [1.165, 1.54) is 12.1 Å². The Morgan fingerprint density at radius 3 is 2.77 bits per heavy atom. The number of nitrogens with zero attached hydrogens (tertiary/aromatic N) is 2. The Labute approximate surface area is 152 Å². The molecule has 8 heteroatoms. The highest BCUT2D eigenvalue weighted by atomic mass is 32.2. The van der Waals surface area contributed by atoms with Crippen molar-refractivity contribution in [1.82, 2.24) is 9.80 Å². The third-order valence-corrected chi connectivity index (χ3v) is 7.35. The predicted octanol–water partition coefficient (Wildman–Crippen LogP) is 0.800. The van der Waals surface area contributed by atoms with Crippen LogP contribution in [0.25, 0.3) is 0 Å². The van der Waals surface area contributed by atoms with Crippen molar-refractivity contribution in [3.8, 4) is 0 Å². The van der Waals surface area contributed by atoms with Gasteiger partial charge in [-0.05, 0) is 18.6 Å². The molecular weight excluding hydrogens is 356 g/mol. The van der Waals surface area contributed by atoms with Crippen LogP contribution in [0, 0.1) is 0 Å². The van der Waals surface area contributed by atoms with Gasteiger partial charge < -0.3 is 14.5 Å². The number of hydrogen-bond donors (Lipinski definition) is 0. The van der Waals surface area contributed by atoms with Gasteiger partial charge in [-0.15, -0.1) is 0 Å². The molecule has 4 rings (SSSR count). The van der Waals surface area contributed by atoms with Gasteiger partial charge in [-0.1, -0.05) is 18.2 Å². The largest absolute Gasteiger partial charge is 0.353 e. The Kier molecular flexibility index (Phi) is 4.27. The zero-order valence-electron chi connectivity index (χ0n) is 14.5. The van der Waals surface area contributed by atoms with E-state index in [2.05, 4.69) is 0 Å². The van der Waals surface area contributed by atoms with Crippen LogP contribution < -0.4 is 0 Å². The molecule has 3 fully saturated rings. The van der Waals surface area contributed by atoms with E-state index in [0.29, 0.717) is 26.1 Å². The van der Waals surface area contributed by atoms with Crippen molar-refractivity contribution < 1.29 is 22.7 Å². The van der Waals surface area contributed by atoms with E-state index >= 15 is 0 Å². The molecule has 3 aliphatic heterocycles. The lowest BCUT2D eigenvalue weighted by molar-refractivity contribution is -0.181. The minimum absolute atomic E-state index is 0.0177. The van der Waals surface area contributed by atoms with E-state index in [1.54, 1.807) is 28.0 Å². The Balaban J connectivity index is 1.46. The second-order valence-corrected chi connectivity index (χ2v) is 9.14. The molecule has 0 bridgehead atoms. The lowest BCUT2D eigenvalue weighted by Gasteiger charge is -2.42. The highest BCUT2D eigenvalue weighted by Gasteiger charge is 2.61. The predicted molar refractivity (Wildman–Crippen MR) is 92.9 cm³/mol. The van der Waals surface area contributed by atoms with Gasteiger partial charge in [0.2, 0.25) is 11.8 Å². The van der Waals surface area contributed by atoms with E-state index < -0.39 is 15.6 Å². The third-order valence-electron chi connectivity index (χ3n) is 5.62. The Bertz CT molecular complexity index is 825. The van der Waals surface area contributed by atoms with Crippen molar-refractivity contribution in [2.24, 2.45) is 0 Å². The lowest BCUT2D eigenvalue weighted by atomic mass is 10.0. The molecule has 3 heterocycles. The molecule has 0 unspecified atom stereocenters. The van der Waals surface area contributed by atoms with Crippen LogP contribution in [-0.4, -0.2) is 67.2 Å². The molecule has 1 aromatic carbocycles. The SMILES string of the molecule is O=C(CCS(=O)(=O)c1ccccc1)N1CC[C@@]23OCCCN2C(=O)C[C@@H]13. The van der Waals surface area contributed by atoms with Gasteiger partial charge in [-0.2, -0.15) is 0 Å². The highest BCUT2D eigenvalue weighted by molar-refractivity contribution is 7.91. The second-order valence-electron chi connectivity index (χ2n) is 7.03. The molecule has 140 valence electrons. The maximum atomic E-state index is 12.7. The molecule has 1 spiro atoms. The van der Waals surface area contributed by atoms with Gasteiger partial charge in [0.1, 0.15) is 0 Å². The third kappa shape index (κ3) is 2.72. The van der Waals surface area contributed by atoms with Crippen LogP contribution in [0.4, 0.5) is 0 Å². The first-order chi connectivity index (χ1) is 12.4. The maximum absolute atomic E-state index is 12.7. The number of benzene rings is 1. The molecule has 0 aliphatic carbocycles. The van der Waals surface area contributed by atoms with Crippen LogP contribution in [0.3, 0.4) is 0 Å². The summed E-state index contributed by atoms with van der Waals surface area (Å²) in [5.41, 5.74) is -0.691. The monoisotopic (exact) mass is 378 g/mol. The minimum atomic E-state index is -3.50. The highest BCUT2D eigenvalue weighted by Crippen LogP contribution is 2.45. The minimum Gasteiger partial charge on any atom is -0.353 e. The summed E-state index contributed by atoms with van der Waals surface area (Å²) in [4.78, 5) is 28.7. The summed E-state index contributed by atoms with van der Waals surface area (Å²) < 4.78 is 30.8. The quantitative estimate of drug-likeness (QED) is 0.774. The van der Waals surface area contributed by atoms with Gasteiger partial charge in [-0.25, -0.2) is 8.42 Å². The molecular formula is C18H22N2O5S. The summed E-state index contributed by atoms with van der Waals surface area (Å²) in [5.74, 6) is -0.441. The molecule has 0 aromatic heterocycles. The average Bonchev–Trinajstić information content (AvgIpc) is 3.13. The summed E-state index contributed by atoms with van der Waals surface area (Å²) in [6.07, 6.45) is 1.58. The summed E-state index contributed by atoms with van der Waals surface area (Å²) in [7, 11) is -3.50. The van der Waals surface area contributed by atoms with Crippen LogP contribution in [0.1, 0.15) is 25.7 Å². The van der Waals surface area contributed by atoms with Gasteiger partial charge >= 0.3 is 0 Å². The van der Waals surface area contributed by atoms with E-state index in [4.69, 9.17) is 4.74 Å². The summed E-state index contributed by atoms with van der Waals surface area (Å²) in [5, 5.41) is 0. The normalized spacial score (nSPS) is 28.2. The van der Waals surface area contributed by atoms with Crippen molar-refractivity contribution >= 4 is 21.7 Å². The number of carbonyl (C=O) groups excluding carboxylic acids is 2. The second kappa shape index (κ2) is 6.35. The fourth-order valence-corrected chi connectivity index (χ4v) is 5.61. The molecule has 0 saturated carbocycles. The maximum Gasteiger partial charge on any atom is 0.227 e. The number of ether oxygens (including phenoxy) is 1. The van der Waals surface area contributed by atoms with Crippen molar-refractivity contribution in [3.63, 3.8) is 0 Å². The number of carbonyl (C=O) groups is 2. The summed E-state index contributed by atoms with van der Waals surface area (Å²) in [6.45, 7) is 1.75. The standard InChI is InChI=1S/C18H22N2O5S/c21-16(7-12-26(23,24)14-5-2-1-3-6-14)19-10-8-18-15(19)13-17(22)20(18)9-4-11-25-18/h1-3,5-6,15H,4,7-13H2/t15-,18+/m1/s1. The summed E-state index contributed by atoms with van der Waals surface area (Å²) >= 11 is 0. The van der Waals surface area contributed by atoms with E-state index in [-0.39, 0.29) is 41.3 Å². The van der Waals surface area contributed by atoms with Crippen LogP contribution in [0.15, 0.2) is 35.2 Å². The Morgan fingerprint density at radius 2 is 2.00 bits per heavy atom. The molecule has 0 N–H and O–H groups in total. The van der Waals surface area contributed by atoms with E-state index in [1.807, 2.05) is 0 Å². The number of rotatable bonds is 4. The van der Waals surface area contributed by atoms with Crippen LogP contribution >= 0.6 is 0 Å². The fraction of sp³-hybridized carbons (Fsp3) is 0.556. The van der Waals surface area contributed by atoms with Crippen molar-refractivity contribution in [3.05, 3.63) is 30.3 Å². The molecule has 3 aliphatic rings. The number of hydrogen-bond acceptors (Lipinski definition) is 5. The molecule has 2 atom stereocenters. The molecule has 1 aromatic rings. The van der Waals surface area contributed by atoms with Crippen molar-refractivity contribution in [1.29, 1.82) is 0 Å². The number of amides is 2. The van der Waals surface area contributed by atoms with Crippen LogP contribution in [-0.2, 0) is 24.2 Å². The van der Waals surface area contributed by atoms with Gasteiger partial charge in [0.05, 0.1) is 29.7 Å². The number of sulfone groups is 1. The summed E-state index contributed by atoms with van der Waals surface area (Å²) in [6, 6.07) is 7.85. The number of likely N-dealkylation sites (tertiary alicyclic amines) is 1. The molecule has 7 nitrogen and oxygen atoms in total. The molecule has 3 saturated heterocycles. The van der Waals surface area contributed by atoms with Crippen molar-refractivity contribution in [2.75, 3.05) is 25.4 Å². The zero-order chi connectivity index (χ0) is 18.4. The first-order valence-electron chi connectivity index (χ1n) is 8.96. The topological polar surface area (TPSA) is 84.0 Å². The van der Waals surface area contributed by atoms with Gasteiger partial charge in [0.25, 0.3) is 0 Å². The Morgan fingerprint density at radius 1 is 1.23 bits per heavy atom. The van der Waals surface area contributed by atoms with Gasteiger partial charge in [-0.3, -0.25) is 9.59 Å². The smallest absolute Gasteiger partial charge is 0.227 e. The first kappa shape index (κ1) is 17.5. The van der Waals surface area contributed by atoms with Gasteiger partial charge in [0, 0.05) is 25.9 Å². The van der Waals surface area contributed by atoms with Crippen LogP contribution in [0.5, 0.6) is 0 Å². The first-order valence-corrected chi connectivity index (χ1v) is 10.6. The Hall–Kier alpha value is -1.93. The zero-order valence-corrected chi connectivity index (χ0v) is 15.3. The van der Waals surface area contributed by atoms with Crippen molar-refractivity contribution in [2.45, 2.75) is 42.3 Å². The van der Waals surface area contributed by atoms with Crippen LogP contribution in [0.2, 0.25) is 0 Å². The van der Waals surface area contributed by atoms with E-state index in [0.717, 1.165) is 6.42 Å².